The number of carbonyl (C=O) groups is 2. The zero-order valence-electron chi connectivity index (χ0n) is 11.2. The van der Waals surface area contributed by atoms with Crippen molar-refractivity contribution in [2.75, 3.05) is 11.4 Å². The molecule has 1 aromatic carbocycles. The molecule has 1 N–H and O–H groups in total. The summed E-state index contributed by atoms with van der Waals surface area (Å²) in [7, 11) is 0. The highest BCUT2D eigenvalue weighted by Crippen LogP contribution is 2.26. The summed E-state index contributed by atoms with van der Waals surface area (Å²) in [4.78, 5) is 35.4. The van der Waals surface area contributed by atoms with Crippen LogP contribution >= 0.6 is 0 Å². The van der Waals surface area contributed by atoms with E-state index >= 15 is 0 Å². The standard InChI is InChI=1S/C13H15N3O4/c1-8(2)11-7-14-13(18)15(12(11)17)9-4-3-5-10(6-9)16(19)20/h3-6,8,11H,7H2,1-2H3,(H,14,18). The molecule has 1 aliphatic rings. The molecule has 0 spiro atoms. The average Bonchev–Trinajstić information content (AvgIpc) is 2.38. The lowest BCUT2D eigenvalue weighted by atomic mass is 9.92. The first kappa shape index (κ1) is 14.0. The minimum atomic E-state index is -0.560. The molecular weight excluding hydrogens is 262 g/mol. The number of nitrogens with zero attached hydrogens (tertiary/aromatic N) is 2. The molecule has 0 aliphatic carbocycles. The van der Waals surface area contributed by atoms with Gasteiger partial charge in [0.2, 0.25) is 5.91 Å². The van der Waals surface area contributed by atoms with Crippen LogP contribution in [0.1, 0.15) is 13.8 Å². The maximum Gasteiger partial charge on any atom is 0.328 e. The molecule has 1 fully saturated rings. The molecule has 0 bridgehead atoms. The number of benzene rings is 1. The van der Waals surface area contributed by atoms with Gasteiger partial charge in [0.1, 0.15) is 0 Å². The lowest BCUT2D eigenvalue weighted by molar-refractivity contribution is -0.384. The summed E-state index contributed by atoms with van der Waals surface area (Å²) in [6.45, 7) is 4.08. The summed E-state index contributed by atoms with van der Waals surface area (Å²) >= 11 is 0. The maximum atomic E-state index is 12.4. The highest BCUT2D eigenvalue weighted by atomic mass is 16.6. The molecule has 0 aromatic heterocycles. The first-order valence-corrected chi connectivity index (χ1v) is 6.28. The smallest absolute Gasteiger partial charge is 0.328 e. The van der Waals surface area contributed by atoms with Crippen molar-refractivity contribution in [3.05, 3.63) is 34.4 Å². The summed E-state index contributed by atoms with van der Waals surface area (Å²) in [6, 6.07) is 4.95. The van der Waals surface area contributed by atoms with Crippen molar-refractivity contribution in [1.29, 1.82) is 0 Å². The van der Waals surface area contributed by atoms with Gasteiger partial charge in [-0.25, -0.2) is 9.69 Å². The molecule has 3 amide bonds. The van der Waals surface area contributed by atoms with E-state index in [9.17, 15) is 19.7 Å². The van der Waals surface area contributed by atoms with Crippen molar-refractivity contribution in [3.63, 3.8) is 0 Å². The molecule has 1 saturated heterocycles. The molecule has 1 unspecified atom stereocenters. The predicted molar refractivity (Wildman–Crippen MR) is 72.3 cm³/mol. The second-order valence-corrected chi connectivity index (χ2v) is 4.99. The largest absolute Gasteiger partial charge is 0.337 e. The molecule has 1 heterocycles. The highest BCUT2D eigenvalue weighted by molar-refractivity contribution is 6.16. The van der Waals surface area contributed by atoms with E-state index in [2.05, 4.69) is 5.32 Å². The van der Waals surface area contributed by atoms with E-state index in [4.69, 9.17) is 0 Å². The van der Waals surface area contributed by atoms with Crippen molar-refractivity contribution in [1.82, 2.24) is 5.32 Å². The van der Waals surface area contributed by atoms with Crippen molar-refractivity contribution in [3.8, 4) is 0 Å². The molecule has 1 aliphatic heterocycles. The summed E-state index contributed by atoms with van der Waals surface area (Å²) in [5, 5.41) is 13.4. The normalized spacial score (nSPS) is 19.1. The number of imide groups is 1. The minimum Gasteiger partial charge on any atom is -0.337 e. The van der Waals surface area contributed by atoms with Crippen LogP contribution in [-0.2, 0) is 4.79 Å². The fourth-order valence-electron chi connectivity index (χ4n) is 2.14. The van der Waals surface area contributed by atoms with Gasteiger partial charge in [-0.3, -0.25) is 14.9 Å². The van der Waals surface area contributed by atoms with Gasteiger partial charge in [0.25, 0.3) is 5.69 Å². The van der Waals surface area contributed by atoms with Crippen molar-refractivity contribution in [2.24, 2.45) is 11.8 Å². The SMILES string of the molecule is CC(C)C1CNC(=O)N(c2cccc([N+](=O)[O-])c2)C1=O. The van der Waals surface area contributed by atoms with Crippen molar-refractivity contribution in [2.45, 2.75) is 13.8 Å². The van der Waals surface area contributed by atoms with Crippen LogP contribution in [0.3, 0.4) is 0 Å². The van der Waals surface area contributed by atoms with Gasteiger partial charge in [0, 0.05) is 18.7 Å². The summed E-state index contributed by atoms with van der Waals surface area (Å²) in [6.07, 6.45) is 0. The topological polar surface area (TPSA) is 92.6 Å². The lowest BCUT2D eigenvalue weighted by Crippen LogP contribution is -2.56. The number of hydrogen-bond donors (Lipinski definition) is 1. The monoisotopic (exact) mass is 277 g/mol. The second-order valence-electron chi connectivity index (χ2n) is 4.99. The predicted octanol–water partition coefficient (Wildman–Crippen LogP) is 1.92. The van der Waals surface area contributed by atoms with Gasteiger partial charge in [0.05, 0.1) is 16.5 Å². The Kier molecular flexibility index (Phi) is 3.69. The van der Waals surface area contributed by atoms with Crippen LogP contribution in [0.25, 0.3) is 0 Å². The number of nitro benzene ring substituents is 1. The number of rotatable bonds is 3. The number of non-ortho nitro benzene ring substituents is 1. The third kappa shape index (κ3) is 2.47. The average molecular weight is 277 g/mol. The molecule has 2 rings (SSSR count). The fraction of sp³-hybridized carbons (Fsp3) is 0.385. The van der Waals surface area contributed by atoms with Gasteiger partial charge in [-0.15, -0.1) is 0 Å². The number of urea groups is 1. The number of nitrogens with one attached hydrogen (secondary N) is 1. The Morgan fingerprint density at radius 2 is 2.10 bits per heavy atom. The molecule has 7 nitrogen and oxygen atoms in total. The van der Waals surface area contributed by atoms with Crippen LogP contribution in [0, 0.1) is 22.0 Å². The van der Waals surface area contributed by atoms with Gasteiger partial charge >= 0.3 is 6.03 Å². The molecule has 7 heteroatoms. The van der Waals surface area contributed by atoms with E-state index in [1.54, 1.807) is 0 Å². The molecule has 0 saturated carbocycles. The van der Waals surface area contributed by atoms with E-state index in [1.807, 2.05) is 13.8 Å². The van der Waals surface area contributed by atoms with Gasteiger partial charge in [-0.05, 0) is 12.0 Å². The van der Waals surface area contributed by atoms with Crippen LogP contribution in [0.4, 0.5) is 16.2 Å². The van der Waals surface area contributed by atoms with Gasteiger partial charge in [-0.2, -0.15) is 0 Å². The van der Waals surface area contributed by atoms with Gasteiger partial charge in [0.15, 0.2) is 0 Å². The molecule has 1 aromatic rings. The van der Waals surface area contributed by atoms with Crippen LogP contribution < -0.4 is 10.2 Å². The lowest BCUT2D eigenvalue weighted by Gasteiger charge is -2.33. The third-order valence-corrected chi connectivity index (χ3v) is 3.32. The van der Waals surface area contributed by atoms with E-state index in [1.165, 1.54) is 24.3 Å². The first-order chi connectivity index (χ1) is 9.41. The molecule has 106 valence electrons. The summed E-state index contributed by atoms with van der Waals surface area (Å²) < 4.78 is 0. The van der Waals surface area contributed by atoms with E-state index < -0.39 is 11.0 Å². The van der Waals surface area contributed by atoms with Gasteiger partial charge in [-0.1, -0.05) is 19.9 Å². The Bertz CT molecular complexity index is 570. The second kappa shape index (κ2) is 5.28. The Morgan fingerprint density at radius 1 is 1.40 bits per heavy atom. The van der Waals surface area contributed by atoms with E-state index in [-0.39, 0.29) is 29.1 Å². The maximum absolute atomic E-state index is 12.4. The fourth-order valence-corrected chi connectivity index (χ4v) is 2.14. The van der Waals surface area contributed by atoms with Crippen molar-refractivity contribution >= 4 is 23.3 Å². The Hall–Kier alpha value is -2.44. The number of nitro groups is 1. The zero-order chi connectivity index (χ0) is 14.9. The Balaban J connectivity index is 2.38. The van der Waals surface area contributed by atoms with Crippen LogP contribution in [-0.4, -0.2) is 23.4 Å². The van der Waals surface area contributed by atoms with Crippen LogP contribution in [0.5, 0.6) is 0 Å². The Morgan fingerprint density at radius 3 is 2.70 bits per heavy atom. The molecular formula is C13H15N3O4. The van der Waals surface area contributed by atoms with Crippen LogP contribution in [0.15, 0.2) is 24.3 Å². The molecule has 0 radical (unpaired) electrons. The van der Waals surface area contributed by atoms with Crippen molar-refractivity contribution < 1.29 is 14.5 Å². The van der Waals surface area contributed by atoms with E-state index in [0.717, 1.165) is 4.90 Å². The third-order valence-electron chi connectivity index (χ3n) is 3.32. The number of carbonyl (C=O) groups excluding carboxylic acids is 2. The minimum absolute atomic E-state index is 0.0734. The zero-order valence-corrected chi connectivity index (χ0v) is 11.2. The Labute approximate surface area is 115 Å². The summed E-state index contributed by atoms with van der Waals surface area (Å²) in [5.74, 6) is -0.583. The van der Waals surface area contributed by atoms with Crippen LogP contribution in [0.2, 0.25) is 0 Å². The molecule has 20 heavy (non-hydrogen) atoms. The number of amides is 3. The highest BCUT2D eigenvalue weighted by Gasteiger charge is 2.37. The number of hydrogen-bond acceptors (Lipinski definition) is 4. The number of anilines is 1. The van der Waals surface area contributed by atoms with Gasteiger partial charge < -0.3 is 5.32 Å². The molecule has 1 atom stereocenters. The van der Waals surface area contributed by atoms with E-state index in [0.29, 0.717) is 6.54 Å². The quantitative estimate of drug-likeness (QED) is 0.674. The summed E-state index contributed by atoms with van der Waals surface area (Å²) in [5.41, 5.74) is 0.0572. The first-order valence-electron chi connectivity index (χ1n) is 6.28.